The molecule has 4 atom stereocenters. The van der Waals surface area contributed by atoms with Crippen molar-refractivity contribution in [2.75, 3.05) is 12.9 Å². The summed E-state index contributed by atoms with van der Waals surface area (Å²) in [4.78, 5) is 12.4. The molecule has 1 saturated carbocycles. The third-order valence-electron chi connectivity index (χ3n) is 3.45. The molecule has 0 amide bonds. The second kappa shape index (κ2) is 7.40. The van der Waals surface area contributed by atoms with Crippen LogP contribution in [0.15, 0.2) is 12.2 Å². The summed E-state index contributed by atoms with van der Waals surface area (Å²) in [6.07, 6.45) is -0.628. The predicted octanol–water partition coefficient (Wildman–Crippen LogP) is 2.22. The molecule has 1 rings (SSSR count). The zero-order valence-electron chi connectivity index (χ0n) is 13.3. The van der Waals surface area contributed by atoms with Crippen LogP contribution in [0.4, 0.5) is 0 Å². The lowest BCUT2D eigenvalue weighted by Gasteiger charge is -2.41. The number of carbonyl (C=O) groups is 1. The highest BCUT2D eigenvalue weighted by Gasteiger charge is 2.53. The van der Waals surface area contributed by atoms with Gasteiger partial charge in [0, 0.05) is 13.0 Å². The van der Waals surface area contributed by atoms with E-state index in [-0.39, 0.29) is 18.8 Å². The molecule has 1 aliphatic carbocycles. The molecule has 6 nitrogen and oxygen atoms in total. The topological polar surface area (TPSA) is 78.9 Å². The molecule has 128 valence electrons. The van der Waals surface area contributed by atoms with Crippen molar-refractivity contribution in [2.24, 2.45) is 5.92 Å². The number of allylic oxidation sites excluding steroid dienone is 1. The number of alkyl halides is 1. The molecule has 1 unspecified atom stereocenters. The molecular formula is C14H23ClO6S. The number of hydrogen-bond donors (Lipinski definition) is 0. The Hall–Kier alpha value is -0.470. The number of halogens is 1. The number of ketones is 1. The lowest BCUT2D eigenvalue weighted by molar-refractivity contribution is -0.203. The van der Waals surface area contributed by atoms with Crippen LogP contribution in [0.3, 0.4) is 0 Å². The van der Waals surface area contributed by atoms with Crippen LogP contribution in [0.2, 0.25) is 0 Å². The maximum absolute atomic E-state index is 12.4. The van der Waals surface area contributed by atoms with Gasteiger partial charge in [-0.05, 0) is 33.1 Å². The molecule has 0 aliphatic heterocycles. The van der Waals surface area contributed by atoms with Crippen molar-refractivity contribution in [3.8, 4) is 0 Å². The fourth-order valence-electron chi connectivity index (χ4n) is 2.38. The average molecular weight is 355 g/mol. The first-order valence-corrected chi connectivity index (χ1v) is 9.24. The van der Waals surface area contributed by atoms with Gasteiger partial charge in [0.15, 0.2) is 12.1 Å². The van der Waals surface area contributed by atoms with Crippen LogP contribution in [-0.4, -0.2) is 44.5 Å². The van der Waals surface area contributed by atoms with Crippen LogP contribution in [-0.2, 0) is 28.6 Å². The van der Waals surface area contributed by atoms with Crippen LogP contribution in [0.5, 0.6) is 0 Å². The van der Waals surface area contributed by atoms with Crippen LogP contribution in [0, 0.1) is 5.92 Å². The number of ether oxygens (including phenoxy) is 2. The van der Waals surface area contributed by atoms with E-state index in [4.69, 9.17) is 25.3 Å². The summed E-state index contributed by atoms with van der Waals surface area (Å²) in [6.45, 7) is 9.32. The molecule has 0 heterocycles. The fraction of sp³-hybridized carbons (Fsp3) is 0.786. The Kier molecular flexibility index (Phi) is 6.58. The van der Waals surface area contributed by atoms with Crippen LogP contribution in [0.25, 0.3) is 0 Å². The van der Waals surface area contributed by atoms with Gasteiger partial charge in [0.1, 0.15) is 6.10 Å². The van der Waals surface area contributed by atoms with Crippen LogP contribution in [0.1, 0.15) is 33.6 Å². The second-order valence-electron chi connectivity index (χ2n) is 5.48. The van der Waals surface area contributed by atoms with E-state index in [0.717, 1.165) is 11.8 Å². The molecule has 0 spiro atoms. The molecule has 0 aromatic heterocycles. The van der Waals surface area contributed by atoms with E-state index >= 15 is 0 Å². The smallest absolute Gasteiger partial charge is 0.264 e. The third-order valence-corrected chi connectivity index (χ3v) is 4.58. The highest BCUT2D eigenvalue weighted by Crippen LogP contribution is 2.41. The minimum Gasteiger partial charge on any atom is -0.353 e. The van der Waals surface area contributed by atoms with Crippen molar-refractivity contribution in [1.82, 2.24) is 0 Å². The van der Waals surface area contributed by atoms with Gasteiger partial charge >= 0.3 is 0 Å². The van der Waals surface area contributed by atoms with Crippen molar-refractivity contribution < 1.29 is 26.9 Å². The van der Waals surface area contributed by atoms with E-state index in [0.29, 0.717) is 6.61 Å². The normalized spacial score (nSPS) is 31.0. The molecule has 0 aromatic carbocycles. The Bertz CT molecular complexity index is 531. The molecule has 8 heteroatoms. The van der Waals surface area contributed by atoms with Gasteiger partial charge in [-0.2, -0.15) is 8.42 Å². The Labute approximate surface area is 136 Å². The SMILES string of the molecule is C=C(C)[C@H]1CC(=O)[C@](Cl)(OC(C)OCC)[C@H](OS(C)(=O)=O)C1. The maximum Gasteiger partial charge on any atom is 0.264 e. The van der Waals surface area contributed by atoms with Gasteiger partial charge in [-0.3, -0.25) is 8.98 Å². The Morgan fingerprint density at radius 1 is 1.55 bits per heavy atom. The van der Waals surface area contributed by atoms with Crippen LogP contribution >= 0.6 is 11.6 Å². The third kappa shape index (κ3) is 5.03. The number of hydrogen-bond acceptors (Lipinski definition) is 6. The summed E-state index contributed by atoms with van der Waals surface area (Å²) in [5.74, 6) is -0.634. The summed E-state index contributed by atoms with van der Waals surface area (Å²) in [6, 6.07) is 0. The monoisotopic (exact) mass is 354 g/mol. The molecule has 0 radical (unpaired) electrons. The Morgan fingerprint density at radius 2 is 2.14 bits per heavy atom. The zero-order valence-corrected chi connectivity index (χ0v) is 14.9. The van der Waals surface area contributed by atoms with Gasteiger partial charge in [0.05, 0.1) is 6.26 Å². The first-order valence-electron chi connectivity index (χ1n) is 7.04. The highest BCUT2D eigenvalue weighted by atomic mass is 35.5. The largest absolute Gasteiger partial charge is 0.353 e. The van der Waals surface area contributed by atoms with Crippen molar-refractivity contribution >= 4 is 27.5 Å². The Morgan fingerprint density at radius 3 is 2.59 bits per heavy atom. The first kappa shape index (κ1) is 19.6. The van der Waals surface area contributed by atoms with Crippen LogP contribution < -0.4 is 0 Å². The first-order chi connectivity index (χ1) is 9.99. The van der Waals surface area contributed by atoms with E-state index in [1.54, 1.807) is 20.8 Å². The highest BCUT2D eigenvalue weighted by molar-refractivity contribution is 7.86. The number of rotatable bonds is 7. The van der Waals surface area contributed by atoms with Crippen molar-refractivity contribution in [1.29, 1.82) is 0 Å². The molecule has 0 aromatic rings. The van der Waals surface area contributed by atoms with Gasteiger partial charge in [-0.1, -0.05) is 23.8 Å². The molecule has 1 fully saturated rings. The molecule has 1 aliphatic rings. The van der Waals surface area contributed by atoms with Gasteiger partial charge in [0.2, 0.25) is 5.06 Å². The summed E-state index contributed by atoms with van der Waals surface area (Å²) in [5, 5.41) is -1.89. The average Bonchev–Trinajstić information content (AvgIpc) is 2.33. The number of Topliss-reactive ketones (excluding diaryl/α,β-unsaturated/α-hetero) is 1. The summed E-state index contributed by atoms with van der Waals surface area (Å²) < 4.78 is 38.7. The fourth-order valence-corrected chi connectivity index (χ4v) is 3.40. The maximum atomic E-state index is 12.4. The molecule has 22 heavy (non-hydrogen) atoms. The summed E-state index contributed by atoms with van der Waals surface area (Å²) in [7, 11) is -3.80. The minimum atomic E-state index is -3.80. The van der Waals surface area contributed by atoms with Gasteiger partial charge in [0.25, 0.3) is 10.1 Å². The van der Waals surface area contributed by atoms with Crippen molar-refractivity contribution in [3.63, 3.8) is 0 Å². The van der Waals surface area contributed by atoms with Gasteiger partial charge in [-0.25, -0.2) is 0 Å². The molecular weight excluding hydrogens is 332 g/mol. The number of carbonyl (C=O) groups excluding carboxylic acids is 1. The van der Waals surface area contributed by atoms with E-state index in [1.807, 2.05) is 0 Å². The van der Waals surface area contributed by atoms with E-state index in [1.165, 1.54) is 0 Å². The van der Waals surface area contributed by atoms with E-state index < -0.39 is 33.4 Å². The van der Waals surface area contributed by atoms with Gasteiger partial charge < -0.3 is 9.47 Å². The van der Waals surface area contributed by atoms with E-state index in [2.05, 4.69) is 6.58 Å². The summed E-state index contributed by atoms with van der Waals surface area (Å²) >= 11 is 6.33. The molecule has 0 N–H and O–H groups in total. The minimum absolute atomic E-state index is 0.126. The zero-order chi connectivity index (χ0) is 17.1. The van der Waals surface area contributed by atoms with Crippen molar-refractivity contribution in [3.05, 3.63) is 12.2 Å². The lowest BCUT2D eigenvalue weighted by Crippen LogP contribution is -2.55. The Balaban J connectivity index is 3.08. The van der Waals surface area contributed by atoms with Crippen molar-refractivity contribution in [2.45, 2.75) is 51.1 Å². The van der Waals surface area contributed by atoms with Gasteiger partial charge in [-0.15, -0.1) is 0 Å². The quantitative estimate of drug-likeness (QED) is 0.302. The standard InChI is InChI=1S/C14H23ClO6S/c1-6-19-10(4)20-14(15)12(16)7-11(9(2)3)8-13(14)21-22(5,17)18/h10-11,13H,2,6-8H2,1,3-5H3/t10?,11-,13+,14-/m0/s1. The lowest BCUT2D eigenvalue weighted by atomic mass is 9.80. The predicted molar refractivity (Wildman–Crippen MR) is 83.0 cm³/mol. The second-order valence-corrected chi connectivity index (χ2v) is 7.64. The summed E-state index contributed by atoms with van der Waals surface area (Å²) in [5.41, 5.74) is 0.770. The molecule has 0 bridgehead atoms. The van der Waals surface area contributed by atoms with E-state index in [9.17, 15) is 13.2 Å². The molecule has 0 saturated heterocycles.